The topological polar surface area (TPSA) is 72.2 Å². The molecule has 0 bridgehead atoms. The van der Waals surface area contributed by atoms with Gasteiger partial charge in [0.1, 0.15) is 0 Å². The molecule has 15 heavy (non-hydrogen) atoms. The van der Waals surface area contributed by atoms with Gasteiger partial charge in [-0.1, -0.05) is 23.7 Å². The fourth-order valence-corrected chi connectivity index (χ4v) is 1.74. The third-order valence-electron chi connectivity index (χ3n) is 1.78. The zero-order chi connectivity index (χ0) is 11.3. The minimum absolute atomic E-state index is 0.0619. The smallest absolute Gasteiger partial charge is 0.210 e. The number of halogens is 1. The van der Waals surface area contributed by atoms with Crippen molar-refractivity contribution in [2.24, 2.45) is 5.14 Å². The standard InChI is InChI=1S/C9H13ClN2O2S/c10-9-3-1-2-8(6-9)7-12-4-5-15(11,13)14/h1-3,6,12H,4-5,7H2,(H2,11,13,14). The van der Waals surface area contributed by atoms with Crippen LogP contribution in [0.4, 0.5) is 0 Å². The van der Waals surface area contributed by atoms with Gasteiger partial charge in [0.15, 0.2) is 0 Å². The summed E-state index contributed by atoms with van der Waals surface area (Å²) in [5.74, 6) is -0.0619. The summed E-state index contributed by atoms with van der Waals surface area (Å²) in [5, 5.41) is 8.49. The summed E-state index contributed by atoms with van der Waals surface area (Å²) in [6, 6.07) is 7.37. The van der Waals surface area contributed by atoms with Gasteiger partial charge >= 0.3 is 0 Å². The molecule has 0 atom stereocenters. The molecule has 0 saturated heterocycles. The maximum atomic E-state index is 10.6. The van der Waals surface area contributed by atoms with Crippen molar-refractivity contribution >= 4 is 21.6 Å². The average molecular weight is 249 g/mol. The van der Waals surface area contributed by atoms with Crippen LogP contribution in [0, 0.1) is 0 Å². The second kappa shape index (κ2) is 5.46. The Morgan fingerprint density at radius 2 is 2.13 bits per heavy atom. The Balaban J connectivity index is 2.32. The molecule has 0 heterocycles. The lowest BCUT2D eigenvalue weighted by molar-refractivity contribution is 0.592. The van der Waals surface area contributed by atoms with E-state index in [9.17, 15) is 8.42 Å². The average Bonchev–Trinajstić information content (AvgIpc) is 2.11. The molecular formula is C9H13ClN2O2S. The van der Waals surface area contributed by atoms with Gasteiger partial charge in [0.05, 0.1) is 5.75 Å². The van der Waals surface area contributed by atoms with Gasteiger partial charge in [0, 0.05) is 18.1 Å². The Kier molecular flexibility index (Phi) is 4.53. The third kappa shape index (κ3) is 5.74. The minimum atomic E-state index is -3.38. The first kappa shape index (κ1) is 12.4. The number of sulfonamides is 1. The zero-order valence-electron chi connectivity index (χ0n) is 8.11. The predicted octanol–water partition coefficient (Wildman–Crippen LogP) is 0.718. The largest absolute Gasteiger partial charge is 0.312 e. The van der Waals surface area contributed by atoms with Crippen LogP contribution >= 0.6 is 11.6 Å². The van der Waals surface area contributed by atoms with Crippen LogP contribution in [-0.2, 0) is 16.6 Å². The van der Waals surface area contributed by atoms with Crippen LogP contribution in [0.1, 0.15) is 5.56 Å². The highest BCUT2D eigenvalue weighted by molar-refractivity contribution is 7.89. The van der Waals surface area contributed by atoms with Crippen LogP contribution in [0.2, 0.25) is 5.02 Å². The maximum Gasteiger partial charge on any atom is 0.210 e. The van der Waals surface area contributed by atoms with E-state index in [4.69, 9.17) is 16.7 Å². The van der Waals surface area contributed by atoms with E-state index in [2.05, 4.69) is 5.32 Å². The lowest BCUT2D eigenvalue weighted by Gasteiger charge is -2.04. The summed E-state index contributed by atoms with van der Waals surface area (Å²) in [6.07, 6.45) is 0. The number of hydrogen-bond donors (Lipinski definition) is 2. The monoisotopic (exact) mass is 248 g/mol. The van der Waals surface area contributed by atoms with Crippen molar-refractivity contribution < 1.29 is 8.42 Å². The van der Waals surface area contributed by atoms with E-state index in [1.807, 2.05) is 18.2 Å². The van der Waals surface area contributed by atoms with Crippen LogP contribution in [0.5, 0.6) is 0 Å². The van der Waals surface area contributed by atoms with Gasteiger partial charge in [0.25, 0.3) is 0 Å². The molecule has 0 aliphatic carbocycles. The Bertz CT molecular complexity index is 420. The Hall–Kier alpha value is -0.620. The number of nitrogens with one attached hydrogen (secondary N) is 1. The normalized spacial score (nSPS) is 11.6. The molecule has 1 rings (SSSR count). The summed E-state index contributed by atoms with van der Waals surface area (Å²) < 4.78 is 21.2. The first-order chi connectivity index (χ1) is 6.97. The van der Waals surface area contributed by atoms with Crippen molar-refractivity contribution in [1.29, 1.82) is 0 Å². The minimum Gasteiger partial charge on any atom is -0.312 e. The molecule has 0 aliphatic rings. The van der Waals surface area contributed by atoms with Crippen LogP contribution in [0.25, 0.3) is 0 Å². The van der Waals surface area contributed by atoms with E-state index in [1.165, 1.54) is 0 Å². The molecule has 0 fully saturated rings. The SMILES string of the molecule is NS(=O)(=O)CCNCc1cccc(Cl)c1. The lowest BCUT2D eigenvalue weighted by atomic mass is 10.2. The van der Waals surface area contributed by atoms with Crippen molar-refractivity contribution in [3.05, 3.63) is 34.9 Å². The van der Waals surface area contributed by atoms with Crippen molar-refractivity contribution in [3.8, 4) is 0 Å². The van der Waals surface area contributed by atoms with E-state index in [0.29, 0.717) is 18.1 Å². The Morgan fingerprint density at radius 3 is 2.73 bits per heavy atom. The molecular weight excluding hydrogens is 236 g/mol. The first-order valence-corrected chi connectivity index (χ1v) is 6.52. The molecule has 1 aromatic rings. The molecule has 1 aromatic carbocycles. The van der Waals surface area contributed by atoms with Gasteiger partial charge in [-0.3, -0.25) is 0 Å². The molecule has 0 amide bonds. The van der Waals surface area contributed by atoms with Crippen molar-refractivity contribution in [3.63, 3.8) is 0 Å². The first-order valence-electron chi connectivity index (χ1n) is 4.43. The Labute approximate surface area is 94.5 Å². The van der Waals surface area contributed by atoms with Crippen LogP contribution in [0.15, 0.2) is 24.3 Å². The van der Waals surface area contributed by atoms with Gasteiger partial charge in [-0.15, -0.1) is 0 Å². The number of primary sulfonamides is 1. The van der Waals surface area contributed by atoms with Gasteiger partial charge in [-0.25, -0.2) is 13.6 Å². The number of benzene rings is 1. The molecule has 0 aliphatic heterocycles. The summed E-state index contributed by atoms with van der Waals surface area (Å²) in [4.78, 5) is 0. The van der Waals surface area contributed by atoms with E-state index >= 15 is 0 Å². The molecule has 0 saturated carbocycles. The highest BCUT2D eigenvalue weighted by Crippen LogP contribution is 2.09. The molecule has 0 aromatic heterocycles. The van der Waals surface area contributed by atoms with E-state index in [0.717, 1.165) is 5.56 Å². The molecule has 4 nitrogen and oxygen atoms in total. The van der Waals surface area contributed by atoms with E-state index in [1.54, 1.807) is 6.07 Å². The number of nitrogens with two attached hydrogens (primary N) is 1. The van der Waals surface area contributed by atoms with E-state index < -0.39 is 10.0 Å². The predicted molar refractivity (Wildman–Crippen MR) is 61.1 cm³/mol. The molecule has 0 unspecified atom stereocenters. The highest BCUT2D eigenvalue weighted by Gasteiger charge is 2.01. The lowest BCUT2D eigenvalue weighted by Crippen LogP contribution is -2.26. The zero-order valence-corrected chi connectivity index (χ0v) is 9.68. The molecule has 84 valence electrons. The summed E-state index contributed by atoms with van der Waals surface area (Å²) in [6.45, 7) is 0.918. The van der Waals surface area contributed by atoms with Gasteiger partial charge < -0.3 is 5.32 Å². The maximum absolute atomic E-state index is 10.6. The molecule has 6 heteroatoms. The van der Waals surface area contributed by atoms with Gasteiger partial charge in [0.2, 0.25) is 10.0 Å². The van der Waals surface area contributed by atoms with Gasteiger partial charge in [-0.2, -0.15) is 0 Å². The van der Waals surface area contributed by atoms with Crippen LogP contribution in [-0.4, -0.2) is 20.7 Å². The number of hydrogen-bond acceptors (Lipinski definition) is 3. The van der Waals surface area contributed by atoms with Crippen molar-refractivity contribution in [2.45, 2.75) is 6.54 Å². The molecule has 3 N–H and O–H groups in total. The molecule has 0 radical (unpaired) electrons. The summed E-state index contributed by atoms with van der Waals surface area (Å²) >= 11 is 5.79. The van der Waals surface area contributed by atoms with Crippen LogP contribution in [0.3, 0.4) is 0 Å². The third-order valence-corrected chi connectivity index (χ3v) is 2.79. The quantitative estimate of drug-likeness (QED) is 0.755. The van der Waals surface area contributed by atoms with Gasteiger partial charge in [-0.05, 0) is 17.7 Å². The van der Waals surface area contributed by atoms with Crippen molar-refractivity contribution in [1.82, 2.24) is 5.32 Å². The Morgan fingerprint density at radius 1 is 1.40 bits per heavy atom. The fourth-order valence-electron chi connectivity index (χ4n) is 1.09. The summed E-state index contributed by atoms with van der Waals surface area (Å²) in [5.41, 5.74) is 1.01. The highest BCUT2D eigenvalue weighted by atomic mass is 35.5. The van der Waals surface area contributed by atoms with E-state index in [-0.39, 0.29) is 5.75 Å². The second-order valence-corrected chi connectivity index (χ2v) is 5.34. The van der Waals surface area contributed by atoms with Crippen molar-refractivity contribution in [2.75, 3.05) is 12.3 Å². The molecule has 0 spiro atoms. The number of rotatable bonds is 5. The summed E-state index contributed by atoms with van der Waals surface area (Å²) in [7, 11) is -3.38. The fraction of sp³-hybridized carbons (Fsp3) is 0.333. The second-order valence-electron chi connectivity index (χ2n) is 3.17. The van der Waals surface area contributed by atoms with Crippen LogP contribution < -0.4 is 10.5 Å².